The molecule has 0 radical (unpaired) electrons. The number of halogens is 1. The smallest absolute Gasteiger partial charge is 0.161 e. The molecule has 0 aromatic heterocycles. The summed E-state index contributed by atoms with van der Waals surface area (Å²) in [4.78, 5) is 2.34. The molecule has 1 unspecified atom stereocenters. The van der Waals surface area contributed by atoms with E-state index in [0.29, 0.717) is 24.7 Å². The van der Waals surface area contributed by atoms with Crippen LogP contribution < -0.4 is 9.47 Å². The minimum Gasteiger partial charge on any atom is -0.493 e. The number of hydrogen-bond donors (Lipinski definition) is 1. The number of methoxy groups -OCH3 is 1. The molecular formula is C16H26ClNO3. The van der Waals surface area contributed by atoms with Crippen molar-refractivity contribution >= 4 is 12.4 Å². The largest absolute Gasteiger partial charge is 0.493 e. The van der Waals surface area contributed by atoms with Crippen LogP contribution in [0.5, 0.6) is 11.5 Å². The summed E-state index contributed by atoms with van der Waals surface area (Å²) in [6.07, 6.45) is 4.63. The van der Waals surface area contributed by atoms with Gasteiger partial charge in [-0.1, -0.05) is 25.0 Å². The second-order valence-corrected chi connectivity index (χ2v) is 5.33. The molecule has 1 N–H and O–H groups in total. The Bertz CT molecular complexity index is 395. The van der Waals surface area contributed by atoms with Crippen molar-refractivity contribution in [3.63, 3.8) is 0 Å². The Morgan fingerprint density at radius 1 is 1.10 bits per heavy atom. The monoisotopic (exact) mass is 315 g/mol. The number of likely N-dealkylation sites (tertiary alicyclic amines) is 1. The van der Waals surface area contributed by atoms with Gasteiger partial charge in [0.25, 0.3) is 0 Å². The Labute approximate surface area is 133 Å². The summed E-state index contributed by atoms with van der Waals surface area (Å²) in [6, 6.07) is 7.52. The van der Waals surface area contributed by atoms with Gasteiger partial charge in [0.1, 0.15) is 12.7 Å². The molecule has 0 bridgehead atoms. The first kappa shape index (κ1) is 18.1. The summed E-state index contributed by atoms with van der Waals surface area (Å²) >= 11 is 0. The third-order valence-electron chi connectivity index (χ3n) is 3.67. The van der Waals surface area contributed by atoms with Crippen molar-refractivity contribution in [2.24, 2.45) is 0 Å². The molecule has 0 aliphatic carbocycles. The second kappa shape index (κ2) is 9.87. The predicted molar refractivity (Wildman–Crippen MR) is 86.7 cm³/mol. The molecule has 0 saturated carbocycles. The maximum Gasteiger partial charge on any atom is 0.161 e. The highest BCUT2D eigenvalue weighted by Gasteiger charge is 2.14. The van der Waals surface area contributed by atoms with Crippen LogP contribution >= 0.6 is 12.4 Å². The summed E-state index contributed by atoms with van der Waals surface area (Å²) in [5.41, 5.74) is 0. The fourth-order valence-corrected chi connectivity index (χ4v) is 2.59. The molecule has 1 heterocycles. The van der Waals surface area contributed by atoms with E-state index in [1.165, 1.54) is 25.7 Å². The number of rotatable bonds is 6. The van der Waals surface area contributed by atoms with Crippen molar-refractivity contribution in [2.45, 2.75) is 31.8 Å². The van der Waals surface area contributed by atoms with Crippen LogP contribution in [0.15, 0.2) is 24.3 Å². The van der Waals surface area contributed by atoms with E-state index in [9.17, 15) is 5.11 Å². The average Bonchev–Trinajstić information content (AvgIpc) is 2.74. The van der Waals surface area contributed by atoms with Gasteiger partial charge in [-0.05, 0) is 38.1 Å². The number of benzene rings is 1. The molecule has 1 aromatic rings. The molecular weight excluding hydrogens is 290 g/mol. The SMILES string of the molecule is COc1ccccc1OCC(O)CN1CCCCCC1.Cl. The van der Waals surface area contributed by atoms with Gasteiger partial charge in [-0.2, -0.15) is 0 Å². The third-order valence-corrected chi connectivity index (χ3v) is 3.67. The second-order valence-electron chi connectivity index (χ2n) is 5.33. The van der Waals surface area contributed by atoms with Gasteiger partial charge in [0, 0.05) is 6.54 Å². The van der Waals surface area contributed by atoms with E-state index in [0.717, 1.165) is 13.1 Å². The molecule has 1 aromatic carbocycles. The molecule has 4 nitrogen and oxygen atoms in total. The van der Waals surface area contributed by atoms with Crippen molar-refractivity contribution in [1.29, 1.82) is 0 Å². The molecule has 1 saturated heterocycles. The van der Waals surface area contributed by atoms with Crippen LogP contribution in [-0.2, 0) is 0 Å². The number of β-amino-alcohol motifs (C(OH)–C–C–N with tert-alkyl or cyclic N) is 1. The molecule has 1 atom stereocenters. The van der Waals surface area contributed by atoms with Crippen molar-refractivity contribution in [1.82, 2.24) is 4.90 Å². The molecule has 120 valence electrons. The van der Waals surface area contributed by atoms with E-state index >= 15 is 0 Å². The standard InChI is InChI=1S/C16H25NO3.ClH/c1-19-15-8-4-5-9-16(15)20-13-14(18)12-17-10-6-2-3-7-11-17;/h4-5,8-9,14,18H,2-3,6-7,10-13H2,1H3;1H. The summed E-state index contributed by atoms with van der Waals surface area (Å²) in [7, 11) is 1.62. The first-order valence-electron chi connectivity index (χ1n) is 7.46. The van der Waals surface area contributed by atoms with Gasteiger partial charge in [-0.25, -0.2) is 0 Å². The van der Waals surface area contributed by atoms with Crippen LogP contribution in [0.2, 0.25) is 0 Å². The third kappa shape index (κ3) is 6.12. The van der Waals surface area contributed by atoms with E-state index in [-0.39, 0.29) is 12.4 Å². The zero-order valence-electron chi connectivity index (χ0n) is 12.7. The highest BCUT2D eigenvalue weighted by Crippen LogP contribution is 2.25. The topological polar surface area (TPSA) is 41.9 Å². The lowest BCUT2D eigenvalue weighted by molar-refractivity contribution is 0.0683. The lowest BCUT2D eigenvalue weighted by atomic mass is 10.2. The summed E-state index contributed by atoms with van der Waals surface area (Å²) < 4.78 is 10.9. The van der Waals surface area contributed by atoms with Crippen LogP contribution in [0.1, 0.15) is 25.7 Å². The summed E-state index contributed by atoms with van der Waals surface area (Å²) in [6.45, 7) is 3.17. The Kier molecular flexibility index (Phi) is 8.50. The zero-order chi connectivity index (χ0) is 14.2. The maximum atomic E-state index is 10.1. The first-order valence-corrected chi connectivity index (χ1v) is 7.46. The van der Waals surface area contributed by atoms with Crippen molar-refractivity contribution < 1.29 is 14.6 Å². The van der Waals surface area contributed by atoms with Crippen molar-refractivity contribution in [3.8, 4) is 11.5 Å². The normalized spacial score (nSPS) is 17.4. The van der Waals surface area contributed by atoms with Crippen LogP contribution in [0.3, 0.4) is 0 Å². The molecule has 5 heteroatoms. The fourth-order valence-electron chi connectivity index (χ4n) is 2.59. The van der Waals surface area contributed by atoms with Gasteiger partial charge in [0.15, 0.2) is 11.5 Å². The van der Waals surface area contributed by atoms with Gasteiger partial charge in [0.2, 0.25) is 0 Å². The highest BCUT2D eigenvalue weighted by atomic mass is 35.5. The fraction of sp³-hybridized carbons (Fsp3) is 0.625. The quantitative estimate of drug-likeness (QED) is 0.876. The summed E-state index contributed by atoms with van der Waals surface area (Å²) in [5, 5.41) is 10.1. The number of nitrogens with zero attached hydrogens (tertiary/aromatic N) is 1. The van der Waals surface area contributed by atoms with Crippen LogP contribution in [0, 0.1) is 0 Å². The van der Waals surface area contributed by atoms with Crippen LogP contribution in [0.25, 0.3) is 0 Å². The van der Waals surface area contributed by atoms with Crippen LogP contribution in [-0.4, -0.2) is 49.5 Å². The highest BCUT2D eigenvalue weighted by molar-refractivity contribution is 5.85. The van der Waals surface area contributed by atoms with Gasteiger partial charge < -0.3 is 19.5 Å². The van der Waals surface area contributed by atoms with E-state index < -0.39 is 6.10 Å². The van der Waals surface area contributed by atoms with Gasteiger partial charge in [-0.3, -0.25) is 0 Å². The lowest BCUT2D eigenvalue weighted by Gasteiger charge is -2.23. The predicted octanol–water partition coefficient (Wildman–Crippen LogP) is 2.73. The lowest BCUT2D eigenvalue weighted by Crippen LogP contribution is -2.36. The molecule has 0 spiro atoms. The minimum absolute atomic E-state index is 0. The number of hydrogen-bond acceptors (Lipinski definition) is 4. The van der Waals surface area contributed by atoms with Crippen LogP contribution in [0.4, 0.5) is 0 Å². The number of para-hydroxylation sites is 2. The van der Waals surface area contributed by atoms with Gasteiger partial charge in [0.05, 0.1) is 7.11 Å². The number of aliphatic hydroxyl groups is 1. The number of aliphatic hydroxyl groups excluding tert-OH is 1. The van der Waals surface area contributed by atoms with Gasteiger partial charge >= 0.3 is 0 Å². The Balaban J connectivity index is 0.00000220. The van der Waals surface area contributed by atoms with E-state index in [1.807, 2.05) is 24.3 Å². The minimum atomic E-state index is -0.460. The summed E-state index contributed by atoms with van der Waals surface area (Å²) in [5.74, 6) is 1.39. The maximum absolute atomic E-state index is 10.1. The van der Waals surface area contributed by atoms with E-state index in [2.05, 4.69) is 4.90 Å². The average molecular weight is 316 g/mol. The Morgan fingerprint density at radius 2 is 1.71 bits per heavy atom. The van der Waals surface area contributed by atoms with Crippen molar-refractivity contribution in [3.05, 3.63) is 24.3 Å². The molecule has 2 rings (SSSR count). The Hall–Kier alpha value is -0.970. The number of ether oxygens (including phenoxy) is 2. The molecule has 1 aliphatic heterocycles. The zero-order valence-corrected chi connectivity index (χ0v) is 13.5. The molecule has 1 aliphatic rings. The Morgan fingerprint density at radius 3 is 2.33 bits per heavy atom. The van der Waals surface area contributed by atoms with E-state index in [1.54, 1.807) is 7.11 Å². The first-order chi connectivity index (χ1) is 9.79. The molecule has 0 amide bonds. The van der Waals surface area contributed by atoms with Crippen molar-refractivity contribution in [2.75, 3.05) is 33.4 Å². The van der Waals surface area contributed by atoms with Gasteiger partial charge in [-0.15, -0.1) is 12.4 Å². The molecule has 21 heavy (non-hydrogen) atoms. The molecule has 1 fully saturated rings. The van der Waals surface area contributed by atoms with E-state index in [4.69, 9.17) is 9.47 Å².